The number of hydrogen-bond donors (Lipinski definition) is 1. The number of benzene rings is 2. The zero-order valence-electron chi connectivity index (χ0n) is 16.0. The lowest BCUT2D eigenvalue weighted by Crippen LogP contribution is -2.25. The van der Waals surface area contributed by atoms with Gasteiger partial charge >= 0.3 is 0 Å². The minimum Gasteiger partial charge on any atom is -0.375 e. The average Bonchev–Trinajstić information content (AvgIpc) is 2.75. The van der Waals surface area contributed by atoms with Crippen LogP contribution >= 0.6 is 11.8 Å². The highest BCUT2D eigenvalue weighted by Crippen LogP contribution is 2.25. The number of unbranched alkanes of at least 4 members (excludes halogenated alkanes) is 1. The molecule has 0 unspecified atom stereocenters. The molecule has 0 bridgehead atoms. The molecule has 1 heterocycles. The van der Waals surface area contributed by atoms with Crippen LogP contribution in [-0.4, -0.2) is 31.0 Å². The molecule has 1 amide bonds. The van der Waals surface area contributed by atoms with Crippen molar-refractivity contribution in [2.75, 3.05) is 25.0 Å². The fourth-order valence-electron chi connectivity index (χ4n) is 2.79. The molecule has 0 aliphatic heterocycles. The number of hydrogen-bond acceptors (Lipinski definition) is 4. The van der Waals surface area contributed by atoms with Crippen molar-refractivity contribution in [1.29, 1.82) is 0 Å². The molecule has 0 atom stereocenters. The minimum absolute atomic E-state index is 0.0224. The Labute approximate surface area is 171 Å². The molecule has 3 rings (SSSR count). The van der Waals surface area contributed by atoms with Crippen molar-refractivity contribution in [3.8, 4) is 0 Å². The standard InChI is InChI=1S/C23H25N3OS/c1-26(20-9-3-2-4-10-20)18-8-7-17-25-23(27)19-12-14-21(15-13-19)28-22-11-5-6-16-24-22/h2-6,9-16H,7-8,17-18H2,1H3,(H,25,27). The molecule has 0 radical (unpaired) electrons. The number of rotatable bonds is 9. The summed E-state index contributed by atoms with van der Waals surface area (Å²) in [5.74, 6) is -0.0224. The number of aromatic nitrogens is 1. The fourth-order valence-corrected chi connectivity index (χ4v) is 3.57. The van der Waals surface area contributed by atoms with Crippen LogP contribution in [0, 0.1) is 0 Å². The highest BCUT2D eigenvalue weighted by molar-refractivity contribution is 7.99. The predicted molar refractivity (Wildman–Crippen MR) is 116 cm³/mol. The molecule has 0 fully saturated rings. The Kier molecular flexibility index (Phi) is 7.50. The van der Waals surface area contributed by atoms with Crippen molar-refractivity contribution < 1.29 is 4.79 Å². The largest absolute Gasteiger partial charge is 0.375 e. The van der Waals surface area contributed by atoms with E-state index in [9.17, 15) is 4.79 Å². The van der Waals surface area contributed by atoms with E-state index >= 15 is 0 Å². The molecule has 0 saturated heterocycles. The number of para-hydroxylation sites is 1. The van der Waals surface area contributed by atoms with Crippen molar-refractivity contribution in [2.45, 2.75) is 22.8 Å². The van der Waals surface area contributed by atoms with Crippen LogP contribution in [0.25, 0.3) is 0 Å². The monoisotopic (exact) mass is 391 g/mol. The molecule has 0 aliphatic rings. The number of anilines is 1. The molecule has 144 valence electrons. The lowest BCUT2D eigenvalue weighted by atomic mass is 10.2. The Morgan fingerprint density at radius 3 is 2.43 bits per heavy atom. The predicted octanol–water partition coefficient (Wildman–Crippen LogP) is 4.88. The molecule has 5 heteroatoms. The second-order valence-electron chi connectivity index (χ2n) is 6.51. The number of carbonyl (C=O) groups is 1. The van der Waals surface area contributed by atoms with E-state index in [1.54, 1.807) is 18.0 Å². The van der Waals surface area contributed by atoms with Crippen LogP contribution in [0.2, 0.25) is 0 Å². The van der Waals surface area contributed by atoms with Crippen LogP contribution in [0.4, 0.5) is 5.69 Å². The quantitative estimate of drug-likeness (QED) is 0.528. The van der Waals surface area contributed by atoms with E-state index in [-0.39, 0.29) is 5.91 Å². The zero-order chi connectivity index (χ0) is 19.6. The summed E-state index contributed by atoms with van der Waals surface area (Å²) < 4.78 is 0. The van der Waals surface area contributed by atoms with E-state index < -0.39 is 0 Å². The lowest BCUT2D eigenvalue weighted by Gasteiger charge is -2.19. The molecule has 4 nitrogen and oxygen atoms in total. The molecule has 1 aromatic heterocycles. The van der Waals surface area contributed by atoms with Gasteiger partial charge in [0.2, 0.25) is 0 Å². The van der Waals surface area contributed by atoms with E-state index in [1.807, 2.05) is 60.7 Å². The third-order valence-corrected chi connectivity index (χ3v) is 5.34. The van der Waals surface area contributed by atoms with Crippen molar-refractivity contribution in [3.05, 3.63) is 84.6 Å². The summed E-state index contributed by atoms with van der Waals surface area (Å²) in [5.41, 5.74) is 1.90. The third kappa shape index (κ3) is 6.13. The molecule has 2 aromatic carbocycles. The van der Waals surface area contributed by atoms with Crippen molar-refractivity contribution in [1.82, 2.24) is 10.3 Å². The number of pyridine rings is 1. The Morgan fingerprint density at radius 2 is 1.71 bits per heavy atom. The van der Waals surface area contributed by atoms with Gasteiger partial charge in [0.1, 0.15) is 5.03 Å². The third-order valence-electron chi connectivity index (χ3n) is 4.38. The first-order valence-electron chi connectivity index (χ1n) is 9.46. The number of amides is 1. The highest BCUT2D eigenvalue weighted by atomic mass is 32.2. The van der Waals surface area contributed by atoms with Crippen LogP contribution in [0.1, 0.15) is 23.2 Å². The van der Waals surface area contributed by atoms with Gasteiger partial charge in [0.05, 0.1) is 0 Å². The highest BCUT2D eigenvalue weighted by Gasteiger charge is 2.06. The summed E-state index contributed by atoms with van der Waals surface area (Å²) in [7, 11) is 2.10. The number of nitrogens with zero attached hydrogens (tertiary/aromatic N) is 2. The number of carbonyl (C=O) groups excluding carboxylic acids is 1. The number of nitrogens with one attached hydrogen (secondary N) is 1. The summed E-state index contributed by atoms with van der Waals surface area (Å²) in [6.07, 6.45) is 3.77. The molecule has 1 N–H and O–H groups in total. The van der Waals surface area contributed by atoms with E-state index in [1.165, 1.54) is 5.69 Å². The first-order valence-corrected chi connectivity index (χ1v) is 10.3. The van der Waals surface area contributed by atoms with Crippen molar-refractivity contribution in [3.63, 3.8) is 0 Å². The Hall–Kier alpha value is -2.79. The summed E-state index contributed by atoms with van der Waals surface area (Å²) in [6.45, 7) is 1.66. The van der Waals surface area contributed by atoms with Gasteiger partial charge < -0.3 is 10.2 Å². The molecule has 3 aromatic rings. The maximum atomic E-state index is 12.3. The van der Waals surface area contributed by atoms with Gasteiger partial charge in [-0.25, -0.2) is 4.98 Å². The maximum absolute atomic E-state index is 12.3. The second-order valence-corrected chi connectivity index (χ2v) is 7.61. The van der Waals surface area contributed by atoms with Gasteiger partial charge in [-0.05, 0) is 61.4 Å². The summed E-state index contributed by atoms with van der Waals surface area (Å²) in [5, 5.41) is 3.95. The average molecular weight is 392 g/mol. The summed E-state index contributed by atoms with van der Waals surface area (Å²) >= 11 is 1.59. The minimum atomic E-state index is -0.0224. The van der Waals surface area contributed by atoms with Crippen molar-refractivity contribution in [2.24, 2.45) is 0 Å². The first-order chi connectivity index (χ1) is 13.7. The van der Waals surface area contributed by atoms with Crippen LogP contribution in [0.5, 0.6) is 0 Å². The fraction of sp³-hybridized carbons (Fsp3) is 0.217. The van der Waals surface area contributed by atoms with E-state index in [0.717, 1.165) is 29.3 Å². The van der Waals surface area contributed by atoms with Crippen molar-refractivity contribution >= 4 is 23.4 Å². The van der Waals surface area contributed by atoms with Crippen LogP contribution in [-0.2, 0) is 0 Å². The van der Waals surface area contributed by atoms with Gasteiger partial charge in [0.25, 0.3) is 5.91 Å². The Bertz CT molecular complexity index is 854. The Balaban J connectivity index is 1.38. The maximum Gasteiger partial charge on any atom is 0.251 e. The molecular formula is C23H25N3OS. The van der Waals surface area contributed by atoms with Crippen LogP contribution < -0.4 is 10.2 Å². The smallest absolute Gasteiger partial charge is 0.251 e. The Morgan fingerprint density at radius 1 is 0.964 bits per heavy atom. The molecule has 0 aliphatic carbocycles. The van der Waals surface area contributed by atoms with Gasteiger partial charge in [-0.1, -0.05) is 36.0 Å². The summed E-state index contributed by atoms with van der Waals surface area (Å²) in [4.78, 5) is 19.9. The second kappa shape index (κ2) is 10.5. The van der Waals surface area contributed by atoms with Gasteiger partial charge in [-0.15, -0.1) is 0 Å². The first kappa shape index (κ1) is 20.0. The van der Waals surface area contributed by atoms with Gasteiger partial charge in [-0.3, -0.25) is 4.79 Å². The van der Waals surface area contributed by atoms with E-state index in [2.05, 4.69) is 34.4 Å². The van der Waals surface area contributed by atoms with Gasteiger partial charge in [-0.2, -0.15) is 0 Å². The van der Waals surface area contributed by atoms with Crippen LogP contribution in [0.3, 0.4) is 0 Å². The molecular weight excluding hydrogens is 366 g/mol. The lowest BCUT2D eigenvalue weighted by molar-refractivity contribution is 0.0953. The zero-order valence-corrected chi connectivity index (χ0v) is 16.9. The molecule has 0 spiro atoms. The van der Waals surface area contributed by atoms with E-state index in [4.69, 9.17) is 0 Å². The normalized spacial score (nSPS) is 10.5. The van der Waals surface area contributed by atoms with Gasteiger partial charge in [0, 0.05) is 42.5 Å². The van der Waals surface area contributed by atoms with Crippen LogP contribution in [0.15, 0.2) is 88.9 Å². The molecule has 28 heavy (non-hydrogen) atoms. The van der Waals surface area contributed by atoms with E-state index in [0.29, 0.717) is 12.1 Å². The summed E-state index contributed by atoms with van der Waals surface area (Å²) in [6, 6.07) is 23.8. The SMILES string of the molecule is CN(CCCCNC(=O)c1ccc(Sc2ccccn2)cc1)c1ccccc1. The van der Waals surface area contributed by atoms with Gasteiger partial charge in [0.15, 0.2) is 0 Å². The topological polar surface area (TPSA) is 45.2 Å². The molecule has 0 saturated carbocycles.